The number of carbonyl (C=O) groups is 1. The zero-order valence-electron chi connectivity index (χ0n) is 15.9. The summed E-state index contributed by atoms with van der Waals surface area (Å²) in [4.78, 5) is 22.9. The van der Waals surface area contributed by atoms with Gasteiger partial charge in [0.2, 0.25) is 0 Å². The second-order valence-corrected chi connectivity index (χ2v) is 6.07. The van der Waals surface area contributed by atoms with Crippen molar-refractivity contribution in [3.05, 3.63) is 47.9 Å². The Kier molecular flexibility index (Phi) is 7.86. The van der Waals surface area contributed by atoms with Gasteiger partial charge in [-0.25, -0.2) is 9.97 Å². The lowest BCUT2D eigenvalue weighted by atomic mass is 10.1. The van der Waals surface area contributed by atoms with Crippen molar-refractivity contribution in [3.8, 4) is 5.75 Å². The average Bonchev–Trinajstić information content (AvgIpc) is 2.68. The number of ether oxygens (including phenoxy) is 1. The van der Waals surface area contributed by atoms with E-state index >= 15 is 0 Å². The zero-order chi connectivity index (χ0) is 18.8. The quantitative estimate of drug-likeness (QED) is 0.707. The van der Waals surface area contributed by atoms with E-state index < -0.39 is 0 Å². The number of methoxy groups -OCH3 is 1. The van der Waals surface area contributed by atoms with Gasteiger partial charge in [0.05, 0.1) is 7.11 Å². The first kappa shape index (κ1) is 19.7. The van der Waals surface area contributed by atoms with E-state index in [0.29, 0.717) is 18.1 Å². The number of para-hydroxylation sites is 1. The number of hydrogen-bond donors (Lipinski definition) is 1. The summed E-state index contributed by atoms with van der Waals surface area (Å²) in [6, 6.07) is 9.67. The number of benzene rings is 1. The number of anilines is 1. The highest BCUT2D eigenvalue weighted by molar-refractivity contribution is 5.92. The summed E-state index contributed by atoms with van der Waals surface area (Å²) in [7, 11) is 1.67. The Morgan fingerprint density at radius 2 is 1.88 bits per heavy atom. The van der Waals surface area contributed by atoms with E-state index in [-0.39, 0.29) is 5.91 Å². The number of carbonyl (C=O) groups excluding carboxylic acids is 1. The van der Waals surface area contributed by atoms with Crippen LogP contribution in [0, 0.1) is 0 Å². The summed E-state index contributed by atoms with van der Waals surface area (Å²) < 4.78 is 5.37. The molecule has 0 saturated heterocycles. The fraction of sp³-hybridized carbons (Fsp3) is 0.450. The zero-order valence-corrected chi connectivity index (χ0v) is 15.9. The van der Waals surface area contributed by atoms with Gasteiger partial charge in [-0.2, -0.15) is 0 Å². The Hall–Kier alpha value is -2.63. The van der Waals surface area contributed by atoms with Crippen LogP contribution in [0.2, 0.25) is 0 Å². The molecule has 0 aliphatic rings. The molecule has 6 nitrogen and oxygen atoms in total. The Labute approximate surface area is 155 Å². The van der Waals surface area contributed by atoms with Gasteiger partial charge in [0.25, 0.3) is 5.91 Å². The molecule has 26 heavy (non-hydrogen) atoms. The highest BCUT2D eigenvalue weighted by Gasteiger charge is 2.16. The lowest BCUT2D eigenvalue weighted by molar-refractivity contribution is 0.0749. The lowest BCUT2D eigenvalue weighted by Gasteiger charge is -2.21. The monoisotopic (exact) mass is 356 g/mol. The first-order valence-electron chi connectivity index (χ1n) is 9.16. The van der Waals surface area contributed by atoms with E-state index in [1.165, 1.54) is 6.33 Å². The number of hydrogen-bond acceptors (Lipinski definition) is 5. The topological polar surface area (TPSA) is 67.4 Å². The van der Waals surface area contributed by atoms with Crippen LogP contribution in [0.4, 0.5) is 5.82 Å². The minimum absolute atomic E-state index is 0.0381. The molecule has 0 fully saturated rings. The molecule has 0 unspecified atom stereocenters. The highest BCUT2D eigenvalue weighted by atomic mass is 16.5. The fourth-order valence-electron chi connectivity index (χ4n) is 2.82. The van der Waals surface area contributed by atoms with Crippen molar-refractivity contribution in [2.24, 2.45) is 0 Å². The second-order valence-electron chi connectivity index (χ2n) is 6.07. The maximum Gasteiger partial charge on any atom is 0.272 e. The van der Waals surface area contributed by atoms with Crippen molar-refractivity contribution in [3.63, 3.8) is 0 Å². The molecular weight excluding hydrogens is 328 g/mol. The van der Waals surface area contributed by atoms with Crippen molar-refractivity contribution >= 4 is 11.7 Å². The highest BCUT2D eigenvalue weighted by Crippen LogP contribution is 2.18. The minimum atomic E-state index is -0.0381. The molecule has 0 bridgehead atoms. The average molecular weight is 356 g/mol. The second kappa shape index (κ2) is 10.4. The molecular formula is C20H28N4O2. The Balaban J connectivity index is 1.99. The largest absolute Gasteiger partial charge is 0.496 e. The number of rotatable bonds is 10. The molecule has 1 aromatic carbocycles. The van der Waals surface area contributed by atoms with E-state index in [2.05, 4.69) is 29.1 Å². The molecule has 1 amide bonds. The third-order valence-corrected chi connectivity index (χ3v) is 4.05. The molecule has 0 aliphatic heterocycles. The molecule has 2 rings (SSSR count). The molecule has 1 N–H and O–H groups in total. The Bertz CT molecular complexity index is 700. The predicted molar refractivity (Wildman–Crippen MR) is 104 cm³/mol. The lowest BCUT2D eigenvalue weighted by Crippen LogP contribution is -2.33. The normalized spacial score (nSPS) is 10.4. The standard InChI is InChI=1S/C20H28N4O2/c1-4-12-24(13-5-2)20(25)17-14-19(23-15-22-17)21-11-10-16-8-6-7-9-18(16)26-3/h6-9,14-15H,4-5,10-13H2,1-3H3,(H,21,22,23). The smallest absolute Gasteiger partial charge is 0.272 e. The summed E-state index contributed by atoms with van der Waals surface area (Å²) in [5, 5.41) is 3.27. The molecule has 0 radical (unpaired) electrons. The number of amides is 1. The summed E-state index contributed by atoms with van der Waals surface area (Å²) in [6.07, 6.45) is 4.10. The van der Waals surface area contributed by atoms with Gasteiger partial charge in [-0.1, -0.05) is 32.0 Å². The van der Waals surface area contributed by atoms with Crippen LogP contribution in [0.25, 0.3) is 0 Å². The summed E-state index contributed by atoms with van der Waals surface area (Å²) >= 11 is 0. The first-order chi connectivity index (χ1) is 12.7. The van der Waals surface area contributed by atoms with E-state index in [1.54, 1.807) is 13.2 Å². The third kappa shape index (κ3) is 5.44. The molecule has 2 aromatic rings. The van der Waals surface area contributed by atoms with Crippen molar-refractivity contribution < 1.29 is 9.53 Å². The van der Waals surface area contributed by atoms with Crippen LogP contribution < -0.4 is 10.1 Å². The Morgan fingerprint density at radius 1 is 1.15 bits per heavy atom. The van der Waals surface area contributed by atoms with Gasteiger partial charge in [0.15, 0.2) is 0 Å². The molecule has 0 atom stereocenters. The van der Waals surface area contributed by atoms with Crippen LogP contribution >= 0.6 is 0 Å². The molecule has 1 aromatic heterocycles. The van der Waals surface area contributed by atoms with Gasteiger partial charge in [-0.3, -0.25) is 4.79 Å². The molecule has 0 aliphatic carbocycles. The van der Waals surface area contributed by atoms with Crippen molar-refractivity contribution in [1.82, 2.24) is 14.9 Å². The molecule has 0 spiro atoms. The van der Waals surface area contributed by atoms with Crippen LogP contribution in [-0.4, -0.2) is 47.5 Å². The van der Waals surface area contributed by atoms with Crippen LogP contribution in [0.1, 0.15) is 42.7 Å². The van der Waals surface area contributed by atoms with Gasteiger partial charge in [-0.15, -0.1) is 0 Å². The van der Waals surface area contributed by atoms with Gasteiger partial charge in [0, 0.05) is 25.7 Å². The summed E-state index contributed by atoms with van der Waals surface area (Å²) in [6.45, 7) is 6.32. The van der Waals surface area contributed by atoms with E-state index in [9.17, 15) is 4.79 Å². The summed E-state index contributed by atoms with van der Waals surface area (Å²) in [5.74, 6) is 1.50. The van der Waals surface area contributed by atoms with Gasteiger partial charge in [-0.05, 0) is 30.9 Å². The number of nitrogens with one attached hydrogen (secondary N) is 1. The van der Waals surface area contributed by atoms with E-state index in [1.807, 2.05) is 29.2 Å². The van der Waals surface area contributed by atoms with E-state index in [4.69, 9.17) is 4.74 Å². The van der Waals surface area contributed by atoms with E-state index in [0.717, 1.165) is 43.7 Å². The molecule has 0 saturated carbocycles. The van der Waals surface area contributed by atoms with Gasteiger partial charge in [0.1, 0.15) is 23.6 Å². The van der Waals surface area contributed by atoms with Crippen LogP contribution in [-0.2, 0) is 6.42 Å². The maximum atomic E-state index is 12.6. The van der Waals surface area contributed by atoms with Crippen molar-refractivity contribution in [1.29, 1.82) is 0 Å². The SMILES string of the molecule is CCCN(CCC)C(=O)c1cc(NCCc2ccccc2OC)ncn1. The third-order valence-electron chi connectivity index (χ3n) is 4.05. The van der Waals surface area contributed by atoms with Crippen molar-refractivity contribution in [2.75, 3.05) is 32.1 Å². The predicted octanol–water partition coefficient (Wildman–Crippen LogP) is 3.40. The van der Waals surface area contributed by atoms with Crippen LogP contribution in [0.5, 0.6) is 5.75 Å². The van der Waals surface area contributed by atoms with Gasteiger partial charge < -0.3 is 15.0 Å². The number of nitrogens with zero attached hydrogens (tertiary/aromatic N) is 3. The fourth-order valence-corrected chi connectivity index (χ4v) is 2.82. The van der Waals surface area contributed by atoms with Crippen LogP contribution in [0.15, 0.2) is 36.7 Å². The molecule has 140 valence electrons. The maximum absolute atomic E-state index is 12.6. The first-order valence-corrected chi connectivity index (χ1v) is 9.16. The molecule has 1 heterocycles. The van der Waals surface area contributed by atoms with Gasteiger partial charge >= 0.3 is 0 Å². The number of aromatic nitrogens is 2. The Morgan fingerprint density at radius 3 is 2.58 bits per heavy atom. The van der Waals surface area contributed by atoms with Crippen LogP contribution in [0.3, 0.4) is 0 Å². The summed E-state index contributed by atoms with van der Waals surface area (Å²) in [5.41, 5.74) is 1.56. The minimum Gasteiger partial charge on any atom is -0.496 e. The van der Waals surface area contributed by atoms with Crippen molar-refractivity contribution in [2.45, 2.75) is 33.1 Å². The molecule has 6 heteroatoms.